The minimum Gasteiger partial charge on any atom is -0.348 e. The van der Waals surface area contributed by atoms with Crippen LogP contribution in [-0.2, 0) is 4.79 Å². The summed E-state index contributed by atoms with van der Waals surface area (Å²) in [5.74, 6) is 0.144. The van der Waals surface area contributed by atoms with Gasteiger partial charge in [0.1, 0.15) is 0 Å². The van der Waals surface area contributed by atoms with Gasteiger partial charge in [0.2, 0.25) is 5.91 Å². The van der Waals surface area contributed by atoms with E-state index >= 15 is 0 Å². The maximum Gasteiger partial charge on any atom is 0.240 e. The van der Waals surface area contributed by atoms with Gasteiger partial charge in [-0.1, -0.05) is 30.7 Å². The van der Waals surface area contributed by atoms with Crippen molar-refractivity contribution in [3.63, 3.8) is 0 Å². The van der Waals surface area contributed by atoms with Gasteiger partial charge in [-0.05, 0) is 57.7 Å². The van der Waals surface area contributed by atoms with Gasteiger partial charge in [0, 0.05) is 0 Å². The van der Waals surface area contributed by atoms with Gasteiger partial charge in [-0.25, -0.2) is 0 Å². The fourth-order valence-corrected chi connectivity index (χ4v) is 3.10. The third kappa shape index (κ3) is 2.88. The molecule has 0 aliphatic carbocycles. The molecule has 1 aliphatic rings. The fourth-order valence-electron chi connectivity index (χ4n) is 3.10. The van der Waals surface area contributed by atoms with Crippen molar-refractivity contribution < 1.29 is 4.79 Å². The van der Waals surface area contributed by atoms with Crippen LogP contribution in [0.2, 0.25) is 0 Å². The Morgan fingerprint density at radius 2 is 2.20 bits per heavy atom. The van der Waals surface area contributed by atoms with E-state index in [4.69, 9.17) is 0 Å². The van der Waals surface area contributed by atoms with Crippen molar-refractivity contribution in [2.75, 3.05) is 6.54 Å². The van der Waals surface area contributed by atoms with Gasteiger partial charge in [-0.3, -0.25) is 4.79 Å². The Labute approximate surface area is 122 Å². The van der Waals surface area contributed by atoms with Crippen molar-refractivity contribution in [3.8, 4) is 0 Å². The van der Waals surface area contributed by atoms with Crippen molar-refractivity contribution in [2.24, 2.45) is 0 Å². The Morgan fingerprint density at radius 3 is 2.80 bits per heavy atom. The first-order valence-corrected chi connectivity index (χ1v) is 7.61. The highest BCUT2D eigenvalue weighted by molar-refractivity contribution is 5.87. The number of rotatable bonds is 4. The molecular formula is C17H26N2O. The summed E-state index contributed by atoms with van der Waals surface area (Å²) in [6.07, 6.45) is 2.87. The standard InChI is InChI=1S/C17H26N2O/c1-5-17(9-6-10-18-17)16(20)19-14(4)15-11-12(2)7-8-13(15)3/h7-8,11,14,18H,5-6,9-10H2,1-4H3,(H,19,20). The molecular weight excluding hydrogens is 248 g/mol. The molecule has 0 bridgehead atoms. The Kier molecular flexibility index (Phi) is 4.48. The molecule has 1 aromatic rings. The van der Waals surface area contributed by atoms with Gasteiger partial charge in [-0.2, -0.15) is 0 Å². The number of nitrogens with one attached hydrogen (secondary N) is 2. The van der Waals surface area contributed by atoms with Crippen LogP contribution in [0.4, 0.5) is 0 Å². The van der Waals surface area contributed by atoms with Crippen molar-refractivity contribution >= 4 is 5.91 Å². The number of aryl methyl sites for hydroxylation is 2. The lowest BCUT2D eigenvalue weighted by Gasteiger charge is -2.29. The maximum atomic E-state index is 12.6. The lowest BCUT2D eigenvalue weighted by molar-refractivity contribution is -0.128. The lowest BCUT2D eigenvalue weighted by Crippen LogP contribution is -2.53. The Balaban J connectivity index is 2.12. The van der Waals surface area contributed by atoms with Crippen LogP contribution in [0.25, 0.3) is 0 Å². The first kappa shape index (κ1) is 15.0. The van der Waals surface area contributed by atoms with Gasteiger partial charge in [0.15, 0.2) is 0 Å². The van der Waals surface area contributed by atoms with Crippen LogP contribution < -0.4 is 10.6 Å². The van der Waals surface area contributed by atoms with Crippen LogP contribution in [0.15, 0.2) is 18.2 Å². The first-order chi connectivity index (χ1) is 9.48. The normalized spacial score (nSPS) is 23.6. The molecule has 0 saturated carbocycles. The summed E-state index contributed by atoms with van der Waals surface area (Å²) in [4.78, 5) is 12.6. The predicted molar refractivity (Wildman–Crippen MR) is 82.7 cm³/mol. The van der Waals surface area contributed by atoms with Crippen LogP contribution in [0.1, 0.15) is 55.8 Å². The average Bonchev–Trinajstić information content (AvgIpc) is 2.91. The number of hydrogen-bond donors (Lipinski definition) is 2. The summed E-state index contributed by atoms with van der Waals surface area (Å²) in [6.45, 7) is 9.28. The molecule has 2 rings (SSSR count). The van der Waals surface area contributed by atoms with E-state index in [2.05, 4.69) is 56.5 Å². The zero-order chi connectivity index (χ0) is 14.8. The summed E-state index contributed by atoms with van der Waals surface area (Å²) < 4.78 is 0. The molecule has 1 aromatic carbocycles. The summed E-state index contributed by atoms with van der Waals surface area (Å²) in [7, 11) is 0. The van der Waals surface area contributed by atoms with Gasteiger partial charge in [-0.15, -0.1) is 0 Å². The predicted octanol–water partition coefficient (Wildman–Crippen LogP) is 3.01. The number of carbonyl (C=O) groups excluding carboxylic acids is 1. The van der Waals surface area contributed by atoms with Gasteiger partial charge in [0.25, 0.3) is 0 Å². The van der Waals surface area contributed by atoms with Gasteiger partial charge in [0.05, 0.1) is 11.6 Å². The van der Waals surface area contributed by atoms with Crippen molar-refractivity contribution in [1.82, 2.24) is 10.6 Å². The van der Waals surface area contributed by atoms with E-state index in [-0.39, 0.29) is 17.5 Å². The fraction of sp³-hybridized carbons (Fsp3) is 0.588. The zero-order valence-corrected chi connectivity index (χ0v) is 13.0. The van der Waals surface area contributed by atoms with Crippen LogP contribution in [0.3, 0.4) is 0 Å². The summed E-state index contributed by atoms with van der Waals surface area (Å²) >= 11 is 0. The Hall–Kier alpha value is -1.35. The van der Waals surface area contributed by atoms with E-state index in [1.54, 1.807) is 0 Å². The first-order valence-electron chi connectivity index (χ1n) is 7.61. The van der Waals surface area contributed by atoms with E-state index in [1.807, 2.05) is 0 Å². The molecule has 20 heavy (non-hydrogen) atoms. The largest absolute Gasteiger partial charge is 0.348 e. The second kappa shape index (κ2) is 5.96. The lowest BCUT2D eigenvalue weighted by atomic mass is 9.92. The molecule has 1 fully saturated rings. The average molecular weight is 274 g/mol. The molecule has 0 aromatic heterocycles. The topological polar surface area (TPSA) is 41.1 Å². The molecule has 0 radical (unpaired) electrons. The molecule has 3 nitrogen and oxygen atoms in total. The summed E-state index contributed by atoms with van der Waals surface area (Å²) in [5, 5.41) is 6.59. The van der Waals surface area contributed by atoms with E-state index < -0.39 is 0 Å². The number of carbonyl (C=O) groups is 1. The van der Waals surface area contributed by atoms with Gasteiger partial charge >= 0.3 is 0 Å². The van der Waals surface area contributed by atoms with Crippen molar-refractivity contribution in [2.45, 2.75) is 58.5 Å². The number of hydrogen-bond acceptors (Lipinski definition) is 2. The molecule has 1 aliphatic heterocycles. The van der Waals surface area contributed by atoms with E-state index in [9.17, 15) is 4.79 Å². The summed E-state index contributed by atoms with van der Waals surface area (Å²) in [5.41, 5.74) is 3.32. The molecule has 2 atom stereocenters. The van der Waals surface area contributed by atoms with Crippen LogP contribution >= 0.6 is 0 Å². The zero-order valence-electron chi connectivity index (χ0n) is 13.0. The number of amides is 1. The highest BCUT2D eigenvalue weighted by Gasteiger charge is 2.39. The SMILES string of the molecule is CCC1(C(=O)NC(C)c2cc(C)ccc2C)CCCN1. The molecule has 0 spiro atoms. The minimum absolute atomic E-state index is 0.0493. The quantitative estimate of drug-likeness (QED) is 0.886. The molecule has 2 N–H and O–H groups in total. The second-order valence-corrected chi connectivity index (χ2v) is 6.02. The molecule has 1 amide bonds. The molecule has 3 heteroatoms. The molecule has 1 saturated heterocycles. The summed E-state index contributed by atoms with van der Waals surface area (Å²) in [6, 6.07) is 6.45. The van der Waals surface area contributed by atoms with Crippen molar-refractivity contribution in [1.29, 1.82) is 0 Å². The van der Waals surface area contributed by atoms with E-state index in [1.165, 1.54) is 16.7 Å². The maximum absolute atomic E-state index is 12.6. The molecule has 1 heterocycles. The monoisotopic (exact) mass is 274 g/mol. The van der Waals surface area contributed by atoms with E-state index in [0.29, 0.717) is 0 Å². The Morgan fingerprint density at radius 1 is 1.45 bits per heavy atom. The highest BCUT2D eigenvalue weighted by Crippen LogP contribution is 2.25. The minimum atomic E-state index is -0.355. The molecule has 110 valence electrons. The number of benzene rings is 1. The third-order valence-electron chi connectivity index (χ3n) is 4.53. The molecule has 2 unspecified atom stereocenters. The van der Waals surface area contributed by atoms with Crippen molar-refractivity contribution in [3.05, 3.63) is 34.9 Å². The van der Waals surface area contributed by atoms with Crippen LogP contribution in [0, 0.1) is 13.8 Å². The van der Waals surface area contributed by atoms with Crippen LogP contribution in [-0.4, -0.2) is 18.0 Å². The second-order valence-electron chi connectivity index (χ2n) is 6.02. The van der Waals surface area contributed by atoms with E-state index in [0.717, 1.165) is 25.8 Å². The van der Waals surface area contributed by atoms with Gasteiger partial charge < -0.3 is 10.6 Å². The Bertz CT molecular complexity index is 490. The highest BCUT2D eigenvalue weighted by atomic mass is 16.2. The smallest absolute Gasteiger partial charge is 0.240 e. The third-order valence-corrected chi connectivity index (χ3v) is 4.53. The van der Waals surface area contributed by atoms with Crippen LogP contribution in [0.5, 0.6) is 0 Å².